The van der Waals surface area contributed by atoms with Gasteiger partial charge in [0.05, 0.1) is 6.10 Å². The second-order valence-corrected chi connectivity index (χ2v) is 6.95. The highest BCUT2D eigenvalue weighted by atomic mass is 16.5. The molecule has 0 amide bonds. The molecule has 1 saturated heterocycles. The van der Waals surface area contributed by atoms with Crippen molar-refractivity contribution >= 4 is 5.82 Å². The van der Waals surface area contributed by atoms with Crippen LogP contribution in [-0.2, 0) is 4.74 Å². The number of anilines is 1. The average molecular weight is 289 g/mol. The Hall–Kier alpha value is -1.13. The number of rotatable bonds is 4. The van der Waals surface area contributed by atoms with E-state index in [1.807, 2.05) is 19.4 Å². The zero-order valence-electron chi connectivity index (χ0n) is 13.4. The molecule has 2 aliphatic rings. The number of hydrogen-bond acceptors (Lipinski definition) is 4. The van der Waals surface area contributed by atoms with Crippen LogP contribution in [0.3, 0.4) is 0 Å². The molecule has 116 valence electrons. The zero-order valence-corrected chi connectivity index (χ0v) is 13.4. The largest absolute Gasteiger partial charge is 0.381 e. The first-order valence-electron chi connectivity index (χ1n) is 8.06. The van der Waals surface area contributed by atoms with Gasteiger partial charge in [0.25, 0.3) is 0 Å². The lowest BCUT2D eigenvalue weighted by Gasteiger charge is -2.53. The summed E-state index contributed by atoms with van der Waals surface area (Å²) in [6.45, 7) is 6.81. The molecule has 0 radical (unpaired) electrons. The molecule has 1 aliphatic carbocycles. The number of hydrogen-bond donors (Lipinski definition) is 1. The standard InChI is InChI=1S/C17H27N3O/c1-17(2)14(12-15(17)21-3)19-13-7-10-20(11-8-13)16-6-4-5-9-18-16/h4-6,9,13-15,19H,7-8,10-12H2,1-3H3. The topological polar surface area (TPSA) is 37.4 Å². The molecule has 0 bridgehead atoms. The molecule has 2 heterocycles. The van der Waals surface area contributed by atoms with Gasteiger partial charge in [0.15, 0.2) is 0 Å². The van der Waals surface area contributed by atoms with Gasteiger partial charge in [-0.05, 0) is 31.4 Å². The highest BCUT2D eigenvalue weighted by molar-refractivity contribution is 5.38. The molecule has 1 N–H and O–H groups in total. The van der Waals surface area contributed by atoms with Gasteiger partial charge in [0, 0.05) is 43.9 Å². The van der Waals surface area contributed by atoms with Crippen LogP contribution in [0, 0.1) is 5.41 Å². The Morgan fingerprint density at radius 3 is 2.62 bits per heavy atom. The van der Waals surface area contributed by atoms with E-state index in [2.05, 4.69) is 41.2 Å². The molecule has 1 aromatic heterocycles. The molecule has 21 heavy (non-hydrogen) atoms. The summed E-state index contributed by atoms with van der Waals surface area (Å²) in [7, 11) is 1.83. The van der Waals surface area contributed by atoms with Crippen molar-refractivity contribution in [2.24, 2.45) is 5.41 Å². The van der Waals surface area contributed by atoms with E-state index in [1.165, 1.54) is 12.8 Å². The maximum Gasteiger partial charge on any atom is 0.128 e. The fourth-order valence-electron chi connectivity index (χ4n) is 3.67. The average Bonchev–Trinajstić information content (AvgIpc) is 2.52. The van der Waals surface area contributed by atoms with Crippen LogP contribution in [0.25, 0.3) is 0 Å². The number of nitrogens with one attached hydrogen (secondary N) is 1. The van der Waals surface area contributed by atoms with Gasteiger partial charge in [0.2, 0.25) is 0 Å². The van der Waals surface area contributed by atoms with Crippen molar-refractivity contribution in [2.45, 2.75) is 51.3 Å². The minimum Gasteiger partial charge on any atom is -0.381 e. The molecule has 1 saturated carbocycles. The molecular weight excluding hydrogens is 262 g/mol. The molecule has 2 fully saturated rings. The second-order valence-electron chi connectivity index (χ2n) is 6.95. The number of nitrogens with zero attached hydrogens (tertiary/aromatic N) is 2. The summed E-state index contributed by atoms with van der Waals surface area (Å²) in [5.74, 6) is 1.11. The Labute approximate surface area is 127 Å². The molecule has 0 aromatic carbocycles. The monoisotopic (exact) mass is 289 g/mol. The first kappa shape index (κ1) is 14.8. The van der Waals surface area contributed by atoms with Gasteiger partial charge in [0.1, 0.15) is 5.82 Å². The molecule has 3 rings (SSSR count). The Morgan fingerprint density at radius 2 is 2.05 bits per heavy atom. The minimum absolute atomic E-state index is 0.257. The molecule has 2 unspecified atom stereocenters. The third kappa shape index (κ3) is 2.92. The summed E-state index contributed by atoms with van der Waals surface area (Å²) in [5.41, 5.74) is 0.257. The van der Waals surface area contributed by atoms with Crippen LogP contribution in [0.2, 0.25) is 0 Å². The molecule has 1 aromatic rings. The van der Waals surface area contributed by atoms with E-state index in [0.717, 1.165) is 25.3 Å². The number of ether oxygens (including phenoxy) is 1. The fourth-order valence-corrected chi connectivity index (χ4v) is 3.67. The van der Waals surface area contributed by atoms with Gasteiger partial charge < -0.3 is 15.0 Å². The Kier molecular flexibility index (Phi) is 4.18. The number of piperidine rings is 1. The number of pyridine rings is 1. The molecule has 0 spiro atoms. The van der Waals surface area contributed by atoms with Crippen molar-refractivity contribution < 1.29 is 4.74 Å². The third-order valence-corrected chi connectivity index (χ3v) is 5.37. The summed E-state index contributed by atoms with van der Waals surface area (Å²) in [6.07, 6.45) is 5.82. The van der Waals surface area contributed by atoms with Crippen molar-refractivity contribution in [1.29, 1.82) is 0 Å². The Morgan fingerprint density at radius 1 is 1.29 bits per heavy atom. The summed E-state index contributed by atoms with van der Waals surface area (Å²) >= 11 is 0. The summed E-state index contributed by atoms with van der Waals surface area (Å²) in [6, 6.07) is 7.37. The normalized spacial score (nSPS) is 29.2. The molecular formula is C17H27N3O. The predicted molar refractivity (Wildman–Crippen MR) is 85.6 cm³/mol. The maximum atomic E-state index is 5.54. The van der Waals surface area contributed by atoms with Gasteiger partial charge in [-0.1, -0.05) is 19.9 Å². The van der Waals surface area contributed by atoms with Crippen molar-refractivity contribution in [2.75, 3.05) is 25.1 Å². The Bertz CT molecular complexity index is 454. The highest BCUT2D eigenvalue weighted by Crippen LogP contribution is 2.42. The number of methoxy groups -OCH3 is 1. The maximum absolute atomic E-state index is 5.54. The zero-order chi connectivity index (χ0) is 14.9. The van der Waals surface area contributed by atoms with Crippen molar-refractivity contribution in [3.8, 4) is 0 Å². The van der Waals surface area contributed by atoms with Crippen LogP contribution >= 0.6 is 0 Å². The van der Waals surface area contributed by atoms with Crippen LogP contribution in [-0.4, -0.2) is 43.4 Å². The highest BCUT2D eigenvalue weighted by Gasteiger charge is 2.49. The van der Waals surface area contributed by atoms with Crippen molar-refractivity contribution in [3.05, 3.63) is 24.4 Å². The van der Waals surface area contributed by atoms with Crippen LogP contribution in [0.1, 0.15) is 33.1 Å². The fraction of sp³-hybridized carbons (Fsp3) is 0.706. The van der Waals surface area contributed by atoms with E-state index in [9.17, 15) is 0 Å². The smallest absolute Gasteiger partial charge is 0.128 e. The van der Waals surface area contributed by atoms with Crippen molar-refractivity contribution in [1.82, 2.24) is 10.3 Å². The lowest BCUT2D eigenvalue weighted by Crippen LogP contribution is -2.63. The van der Waals surface area contributed by atoms with E-state index >= 15 is 0 Å². The quantitative estimate of drug-likeness (QED) is 0.924. The SMILES string of the molecule is COC1CC(NC2CCN(c3ccccn3)CC2)C1(C)C. The first-order valence-corrected chi connectivity index (χ1v) is 8.06. The van der Waals surface area contributed by atoms with E-state index in [1.54, 1.807) is 0 Å². The van der Waals surface area contributed by atoms with Crippen molar-refractivity contribution in [3.63, 3.8) is 0 Å². The van der Waals surface area contributed by atoms with E-state index in [-0.39, 0.29) is 5.41 Å². The van der Waals surface area contributed by atoms with Gasteiger partial charge in [-0.2, -0.15) is 0 Å². The summed E-state index contributed by atoms with van der Waals surface area (Å²) in [5, 5.41) is 3.85. The van der Waals surface area contributed by atoms with Gasteiger partial charge in [-0.25, -0.2) is 4.98 Å². The van der Waals surface area contributed by atoms with Gasteiger partial charge >= 0.3 is 0 Å². The molecule has 1 aliphatic heterocycles. The summed E-state index contributed by atoms with van der Waals surface area (Å²) in [4.78, 5) is 6.84. The predicted octanol–water partition coefficient (Wildman–Crippen LogP) is 2.45. The van der Waals surface area contributed by atoms with Crippen LogP contribution in [0.5, 0.6) is 0 Å². The minimum atomic E-state index is 0.257. The Balaban J connectivity index is 1.49. The lowest BCUT2D eigenvalue weighted by molar-refractivity contribution is -0.101. The third-order valence-electron chi connectivity index (χ3n) is 5.37. The first-order chi connectivity index (χ1) is 10.1. The van der Waals surface area contributed by atoms with E-state index in [0.29, 0.717) is 18.2 Å². The molecule has 4 nitrogen and oxygen atoms in total. The molecule has 2 atom stereocenters. The van der Waals surface area contributed by atoms with Crippen LogP contribution in [0.15, 0.2) is 24.4 Å². The molecule has 4 heteroatoms. The van der Waals surface area contributed by atoms with Crippen LogP contribution < -0.4 is 10.2 Å². The summed E-state index contributed by atoms with van der Waals surface area (Å²) < 4.78 is 5.54. The number of aromatic nitrogens is 1. The second kappa shape index (κ2) is 5.93. The van der Waals surface area contributed by atoms with E-state index < -0.39 is 0 Å². The van der Waals surface area contributed by atoms with Gasteiger partial charge in [-0.15, -0.1) is 0 Å². The van der Waals surface area contributed by atoms with E-state index in [4.69, 9.17) is 4.74 Å². The van der Waals surface area contributed by atoms with Crippen LogP contribution in [0.4, 0.5) is 5.82 Å². The lowest BCUT2D eigenvalue weighted by atomic mass is 9.64. The van der Waals surface area contributed by atoms with Gasteiger partial charge in [-0.3, -0.25) is 0 Å².